The Hall–Kier alpha value is -14.2. The fraction of sp³-hybridized carbons (Fsp3) is 0.0755. The standard InChI is InChI=1S/C106H77BN6/c1-105(2,3)78-50-46-71(47-51-78)90-60-76(82-36-18-16-34-73(82)66-108)58-88(69-30-12-8-13-31-69)103(90)112-98-64-80(110-94-42-24-20-38-84(94)85-39-21-25-43-95(85)110)54-56-92(98)107-93-57-55-81(111-96-44-26-22-40-86(96)87-41-23-27-45-97(87)111)65-99(93)113(101-63-75(62-100(112)102(101)107)68-28-10-7-11-29-68)104-89(70-32-14-9-15-33-70)59-77(83-37-19-17-35-74(83)67-109)61-91(104)72-48-52-79(53-49-72)106(4,5)6/h7-65H,1-6H3. The Morgan fingerprint density at radius 2 is 0.566 bits per heavy atom. The first-order valence-electron chi connectivity index (χ1n) is 39.0. The Bertz CT molecular complexity index is 6460. The molecule has 0 unspecified atom stereocenters. The van der Waals surface area contributed by atoms with Crippen molar-refractivity contribution in [3.63, 3.8) is 0 Å². The van der Waals surface area contributed by atoms with Crippen molar-refractivity contribution in [1.29, 1.82) is 10.5 Å². The maximum atomic E-state index is 11.1. The van der Waals surface area contributed by atoms with E-state index in [4.69, 9.17) is 0 Å². The Morgan fingerprint density at radius 3 is 0.912 bits per heavy atom. The van der Waals surface area contributed by atoms with Crippen LogP contribution < -0.4 is 26.2 Å². The van der Waals surface area contributed by atoms with Gasteiger partial charge in [0.05, 0.1) is 56.7 Å². The lowest BCUT2D eigenvalue weighted by molar-refractivity contribution is 0.590. The van der Waals surface area contributed by atoms with Gasteiger partial charge in [-0.2, -0.15) is 10.5 Å². The van der Waals surface area contributed by atoms with Gasteiger partial charge in [0.1, 0.15) is 0 Å². The van der Waals surface area contributed by atoms with Crippen LogP contribution in [0.15, 0.2) is 358 Å². The van der Waals surface area contributed by atoms with Gasteiger partial charge < -0.3 is 18.9 Å². The van der Waals surface area contributed by atoms with Crippen LogP contribution in [-0.2, 0) is 10.8 Å². The number of nitriles is 2. The van der Waals surface area contributed by atoms with Crippen molar-refractivity contribution in [3.05, 3.63) is 380 Å². The van der Waals surface area contributed by atoms with Gasteiger partial charge in [-0.1, -0.05) is 302 Å². The Kier molecular flexibility index (Phi) is 16.2. The number of benzene rings is 16. The number of anilines is 6. The number of para-hydroxylation sites is 4. The molecule has 2 aliphatic rings. The second kappa shape index (κ2) is 26.8. The molecule has 0 spiro atoms. The average molecular weight is 1450 g/mol. The van der Waals surface area contributed by atoms with E-state index in [0.717, 1.165) is 162 Å². The van der Waals surface area contributed by atoms with E-state index >= 15 is 0 Å². The lowest BCUT2D eigenvalue weighted by Crippen LogP contribution is -2.61. The molecule has 2 aromatic heterocycles. The third kappa shape index (κ3) is 11.3. The van der Waals surface area contributed by atoms with Gasteiger partial charge in [-0.05, 0) is 191 Å². The van der Waals surface area contributed by atoms with Gasteiger partial charge in [0.15, 0.2) is 0 Å². The highest BCUT2D eigenvalue weighted by Crippen LogP contribution is 2.56. The molecule has 6 nitrogen and oxygen atoms in total. The highest BCUT2D eigenvalue weighted by molar-refractivity contribution is 7.00. The fourth-order valence-electron chi connectivity index (χ4n) is 18.1. The molecule has 16 aromatic carbocycles. The summed E-state index contributed by atoms with van der Waals surface area (Å²) in [6, 6.07) is 137. The smallest absolute Gasteiger partial charge is 0.252 e. The zero-order chi connectivity index (χ0) is 76.4. The van der Waals surface area contributed by atoms with Crippen LogP contribution in [0, 0.1) is 22.7 Å². The molecule has 4 heterocycles. The van der Waals surface area contributed by atoms with E-state index in [1.807, 2.05) is 36.4 Å². The minimum atomic E-state index is -0.366. The molecule has 0 atom stereocenters. The fourth-order valence-corrected chi connectivity index (χ4v) is 18.1. The molecular formula is C106H77BN6. The van der Waals surface area contributed by atoms with Gasteiger partial charge in [0.25, 0.3) is 6.71 Å². The lowest BCUT2D eigenvalue weighted by Gasteiger charge is -2.46. The van der Waals surface area contributed by atoms with E-state index in [0.29, 0.717) is 11.1 Å². The molecule has 0 amide bonds. The summed E-state index contributed by atoms with van der Waals surface area (Å²) >= 11 is 0. The zero-order valence-electron chi connectivity index (χ0n) is 63.8. The largest absolute Gasteiger partial charge is 0.310 e. The van der Waals surface area contributed by atoms with Gasteiger partial charge in [-0.15, -0.1) is 0 Å². The predicted octanol–water partition coefficient (Wildman–Crippen LogP) is 26.0. The summed E-state index contributed by atoms with van der Waals surface area (Å²) in [6.07, 6.45) is 0. The van der Waals surface area contributed by atoms with E-state index in [-0.39, 0.29) is 17.5 Å². The zero-order valence-corrected chi connectivity index (χ0v) is 63.8. The van der Waals surface area contributed by atoms with E-state index in [9.17, 15) is 10.5 Å². The van der Waals surface area contributed by atoms with Crippen LogP contribution in [0.5, 0.6) is 0 Å². The van der Waals surface area contributed by atoms with Crippen molar-refractivity contribution in [2.24, 2.45) is 0 Å². The summed E-state index contributed by atoms with van der Waals surface area (Å²) in [6.45, 7) is 13.3. The number of hydrogen-bond donors (Lipinski definition) is 0. The number of nitrogens with zero attached hydrogens (tertiary/aromatic N) is 6. The molecule has 18 aromatic rings. The molecule has 0 saturated carbocycles. The highest BCUT2D eigenvalue weighted by Gasteiger charge is 2.46. The van der Waals surface area contributed by atoms with Crippen LogP contribution in [0.3, 0.4) is 0 Å². The van der Waals surface area contributed by atoms with Crippen molar-refractivity contribution in [1.82, 2.24) is 9.13 Å². The topological polar surface area (TPSA) is 63.9 Å². The molecule has 2 aliphatic heterocycles. The number of hydrogen-bond acceptors (Lipinski definition) is 4. The van der Waals surface area contributed by atoms with Crippen LogP contribution in [0.2, 0.25) is 0 Å². The summed E-state index contributed by atoms with van der Waals surface area (Å²) in [5, 5.41) is 26.9. The number of rotatable bonds is 11. The van der Waals surface area contributed by atoms with Gasteiger partial charge in [-0.3, -0.25) is 0 Å². The molecule has 0 aliphatic carbocycles. The summed E-state index contributed by atoms with van der Waals surface area (Å²) in [4.78, 5) is 5.29. The molecule has 0 radical (unpaired) electrons. The molecule has 0 saturated heterocycles. The third-order valence-corrected chi connectivity index (χ3v) is 23.5. The van der Waals surface area contributed by atoms with Crippen molar-refractivity contribution < 1.29 is 0 Å². The Balaban J connectivity index is 0.987. The molecule has 0 fully saturated rings. The second-order valence-electron chi connectivity index (χ2n) is 32.2. The molecular weight excluding hydrogens is 1370 g/mol. The maximum absolute atomic E-state index is 11.1. The molecule has 0 N–H and O–H groups in total. The third-order valence-electron chi connectivity index (χ3n) is 23.5. The quantitative estimate of drug-likeness (QED) is 0.121. The van der Waals surface area contributed by atoms with Gasteiger partial charge in [0, 0.05) is 77.9 Å². The van der Waals surface area contributed by atoms with Gasteiger partial charge in [0.2, 0.25) is 0 Å². The first-order chi connectivity index (χ1) is 55.3. The van der Waals surface area contributed by atoms with Crippen molar-refractivity contribution in [2.45, 2.75) is 52.4 Å². The van der Waals surface area contributed by atoms with Crippen LogP contribution in [-0.4, -0.2) is 15.8 Å². The second-order valence-corrected chi connectivity index (χ2v) is 32.2. The van der Waals surface area contributed by atoms with Gasteiger partial charge in [-0.25, -0.2) is 0 Å². The van der Waals surface area contributed by atoms with Crippen molar-refractivity contribution in [2.75, 3.05) is 9.80 Å². The van der Waals surface area contributed by atoms with Crippen LogP contribution >= 0.6 is 0 Å². The first-order valence-corrected chi connectivity index (χ1v) is 39.0. The van der Waals surface area contributed by atoms with E-state index in [1.165, 1.54) is 32.7 Å². The normalized spacial score (nSPS) is 12.4. The molecule has 534 valence electrons. The Labute approximate surface area is 660 Å². The van der Waals surface area contributed by atoms with E-state index in [2.05, 4.69) is 394 Å². The average Bonchev–Trinajstić information content (AvgIpc) is 1.58. The maximum Gasteiger partial charge on any atom is 0.252 e. The predicted molar refractivity (Wildman–Crippen MR) is 474 cm³/mol. The van der Waals surface area contributed by atoms with Gasteiger partial charge >= 0.3 is 0 Å². The molecule has 7 heteroatoms. The molecule has 20 rings (SSSR count). The van der Waals surface area contributed by atoms with Crippen LogP contribution in [0.4, 0.5) is 34.1 Å². The highest BCUT2D eigenvalue weighted by atomic mass is 15.2. The Morgan fingerprint density at radius 1 is 0.257 bits per heavy atom. The summed E-state index contributed by atoms with van der Waals surface area (Å²) in [5.74, 6) is 0. The SMILES string of the molecule is CC(C)(C)c1ccc(-c2cc(-c3ccccc3C#N)cc(-c3ccccc3)c2N2c3cc(-n4c5ccccc5c5ccccc54)ccc3B3c4ccc(-n5c6ccccc6c6ccccc65)cc4N(c4c(-c5ccccc5)cc(-c5ccccc5C#N)cc4-c4ccc(C(C)(C)C)cc4)c4cc(-c5ccccc5)cc2c43)cc1. The number of aromatic nitrogens is 2. The number of fused-ring (bicyclic) bond motifs is 10. The first kappa shape index (κ1) is 68.1. The van der Waals surface area contributed by atoms with Crippen LogP contribution in [0.25, 0.3) is 133 Å². The monoisotopic (exact) mass is 1440 g/mol. The molecule has 113 heavy (non-hydrogen) atoms. The summed E-state index contributed by atoms with van der Waals surface area (Å²) in [7, 11) is 0. The van der Waals surface area contributed by atoms with E-state index in [1.54, 1.807) is 0 Å². The minimum absolute atomic E-state index is 0.130. The van der Waals surface area contributed by atoms with Crippen molar-refractivity contribution >= 4 is 101 Å². The molecule has 0 bridgehead atoms. The minimum Gasteiger partial charge on any atom is -0.310 e. The van der Waals surface area contributed by atoms with Crippen molar-refractivity contribution in [3.8, 4) is 101 Å². The summed E-state index contributed by atoms with van der Waals surface area (Å²) in [5.41, 5.74) is 33.2. The van der Waals surface area contributed by atoms with E-state index < -0.39 is 0 Å². The summed E-state index contributed by atoms with van der Waals surface area (Å²) < 4.78 is 4.93. The van der Waals surface area contributed by atoms with Crippen LogP contribution in [0.1, 0.15) is 63.8 Å². The lowest BCUT2D eigenvalue weighted by atomic mass is 9.33.